The first kappa shape index (κ1) is 16.2. The van der Waals surface area contributed by atoms with Crippen LogP contribution >= 0.6 is 23.2 Å². The summed E-state index contributed by atoms with van der Waals surface area (Å²) in [6.45, 7) is 5.42. The maximum atomic E-state index is 6.45. The molecule has 1 aromatic heterocycles. The second-order valence-corrected chi connectivity index (χ2v) is 7.30. The quantitative estimate of drug-likeness (QED) is 0.856. The zero-order chi connectivity index (χ0) is 16.7. The lowest BCUT2D eigenvalue weighted by Gasteiger charge is -2.34. The Morgan fingerprint density at radius 1 is 1.29 bits per heavy atom. The molecule has 1 fully saturated rings. The SMILES string of the molecule is CCN1CCCCC1c1nn(-c2cccc(Cl)c2Cl)c2c1CCN2. The van der Waals surface area contributed by atoms with Crippen molar-refractivity contribution in [2.45, 2.75) is 38.6 Å². The van der Waals surface area contributed by atoms with Gasteiger partial charge in [-0.25, -0.2) is 4.68 Å². The zero-order valence-electron chi connectivity index (χ0n) is 13.9. The molecular formula is C18H22Cl2N4. The Kier molecular flexibility index (Phi) is 4.46. The van der Waals surface area contributed by atoms with Gasteiger partial charge in [-0.1, -0.05) is 42.6 Å². The van der Waals surface area contributed by atoms with Crippen LogP contribution < -0.4 is 5.32 Å². The lowest BCUT2D eigenvalue weighted by atomic mass is 9.96. The third-order valence-corrected chi connectivity index (χ3v) is 5.99. The molecule has 24 heavy (non-hydrogen) atoms. The second kappa shape index (κ2) is 6.58. The van der Waals surface area contributed by atoms with Crippen LogP contribution in [0.1, 0.15) is 43.5 Å². The van der Waals surface area contributed by atoms with Crippen LogP contribution in [0, 0.1) is 0 Å². The van der Waals surface area contributed by atoms with Crippen molar-refractivity contribution in [1.82, 2.24) is 14.7 Å². The fraction of sp³-hybridized carbons (Fsp3) is 0.500. The van der Waals surface area contributed by atoms with Crippen LogP contribution in [-0.4, -0.2) is 34.3 Å². The molecule has 0 radical (unpaired) electrons. The molecule has 4 rings (SSSR count). The number of likely N-dealkylation sites (tertiary alicyclic amines) is 1. The van der Waals surface area contributed by atoms with Crippen LogP contribution in [0.5, 0.6) is 0 Å². The summed E-state index contributed by atoms with van der Waals surface area (Å²) in [5.41, 5.74) is 3.41. The molecule has 6 heteroatoms. The minimum atomic E-state index is 0.414. The van der Waals surface area contributed by atoms with Crippen molar-refractivity contribution in [2.75, 3.05) is 25.0 Å². The van der Waals surface area contributed by atoms with Gasteiger partial charge < -0.3 is 5.32 Å². The smallest absolute Gasteiger partial charge is 0.133 e. The number of hydrogen-bond acceptors (Lipinski definition) is 3. The van der Waals surface area contributed by atoms with Crippen LogP contribution in [0.15, 0.2) is 18.2 Å². The van der Waals surface area contributed by atoms with Gasteiger partial charge in [0.05, 0.1) is 27.5 Å². The van der Waals surface area contributed by atoms with E-state index in [4.69, 9.17) is 28.3 Å². The normalized spacial score (nSPS) is 20.9. The number of nitrogens with one attached hydrogen (secondary N) is 1. The van der Waals surface area contributed by atoms with Crippen LogP contribution in [0.25, 0.3) is 5.69 Å². The Morgan fingerprint density at radius 3 is 3.00 bits per heavy atom. The Labute approximate surface area is 152 Å². The van der Waals surface area contributed by atoms with E-state index in [2.05, 4.69) is 17.1 Å². The van der Waals surface area contributed by atoms with E-state index < -0.39 is 0 Å². The Morgan fingerprint density at radius 2 is 2.17 bits per heavy atom. The number of rotatable bonds is 3. The van der Waals surface area contributed by atoms with Crippen LogP contribution in [-0.2, 0) is 6.42 Å². The molecule has 0 spiro atoms. The molecule has 1 N–H and O–H groups in total. The third kappa shape index (κ3) is 2.61. The average Bonchev–Trinajstić information content (AvgIpc) is 3.20. The molecular weight excluding hydrogens is 343 g/mol. The van der Waals surface area contributed by atoms with Gasteiger partial charge in [0.2, 0.25) is 0 Å². The monoisotopic (exact) mass is 364 g/mol. The van der Waals surface area contributed by atoms with Crippen molar-refractivity contribution in [3.63, 3.8) is 0 Å². The summed E-state index contributed by atoms with van der Waals surface area (Å²) in [4.78, 5) is 2.55. The number of piperidine rings is 1. The van der Waals surface area contributed by atoms with E-state index in [1.807, 2.05) is 22.9 Å². The van der Waals surface area contributed by atoms with Crippen LogP contribution in [0.2, 0.25) is 10.0 Å². The van der Waals surface area contributed by atoms with E-state index in [1.165, 1.54) is 30.5 Å². The van der Waals surface area contributed by atoms with Gasteiger partial charge in [0, 0.05) is 12.1 Å². The molecule has 2 aromatic rings. The number of fused-ring (bicyclic) bond motifs is 1. The number of nitrogens with zero attached hydrogens (tertiary/aromatic N) is 3. The predicted molar refractivity (Wildman–Crippen MR) is 99.6 cm³/mol. The predicted octanol–water partition coefficient (Wildman–Crippen LogP) is 4.69. The minimum absolute atomic E-state index is 0.414. The lowest BCUT2D eigenvalue weighted by molar-refractivity contribution is 0.153. The summed E-state index contributed by atoms with van der Waals surface area (Å²) < 4.78 is 1.95. The topological polar surface area (TPSA) is 33.1 Å². The molecule has 4 nitrogen and oxygen atoms in total. The first-order valence-electron chi connectivity index (χ1n) is 8.74. The highest BCUT2D eigenvalue weighted by Crippen LogP contribution is 2.39. The van der Waals surface area contributed by atoms with Gasteiger partial charge >= 0.3 is 0 Å². The van der Waals surface area contributed by atoms with Crippen molar-refractivity contribution < 1.29 is 0 Å². The maximum Gasteiger partial charge on any atom is 0.133 e. The van der Waals surface area contributed by atoms with Gasteiger partial charge in [-0.2, -0.15) is 5.10 Å². The van der Waals surface area contributed by atoms with Gasteiger partial charge in [-0.05, 0) is 44.5 Å². The largest absolute Gasteiger partial charge is 0.369 e. The van der Waals surface area contributed by atoms with E-state index in [9.17, 15) is 0 Å². The van der Waals surface area contributed by atoms with Crippen LogP contribution in [0.3, 0.4) is 0 Å². The summed E-state index contributed by atoms with van der Waals surface area (Å²) in [5, 5.41) is 9.60. The highest BCUT2D eigenvalue weighted by Gasteiger charge is 2.32. The van der Waals surface area contributed by atoms with E-state index >= 15 is 0 Å². The number of halogens is 2. The van der Waals surface area contributed by atoms with Crippen LogP contribution in [0.4, 0.5) is 5.82 Å². The number of benzene rings is 1. The molecule has 0 bridgehead atoms. The Hall–Kier alpha value is -1.23. The molecule has 0 amide bonds. The zero-order valence-corrected chi connectivity index (χ0v) is 15.4. The van der Waals surface area contributed by atoms with Crippen molar-refractivity contribution >= 4 is 29.0 Å². The van der Waals surface area contributed by atoms with Crippen molar-refractivity contribution in [3.8, 4) is 5.69 Å². The molecule has 2 aliphatic rings. The van der Waals surface area contributed by atoms with E-state index in [1.54, 1.807) is 0 Å². The van der Waals surface area contributed by atoms with E-state index in [-0.39, 0.29) is 0 Å². The molecule has 1 unspecified atom stereocenters. The maximum absolute atomic E-state index is 6.45. The fourth-order valence-corrected chi connectivity index (χ4v) is 4.35. The molecule has 2 aliphatic heterocycles. The number of hydrogen-bond donors (Lipinski definition) is 1. The van der Waals surface area contributed by atoms with Crippen molar-refractivity contribution in [1.29, 1.82) is 0 Å². The second-order valence-electron chi connectivity index (χ2n) is 6.51. The highest BCUT2D eigenvalue weighted by atomic mass is 35.5. The summed E-state index contributed by atoms with van der Waals surface area (Å²) in [6, 6.07) is 6.12. The molecule has 0 aliphatic carbocycles. The minimum Gasteiger partial charge on any atom is -0.369 e. The molecule has 128 valence electrons. The van der Waals surface area contributed by atoms with E-state index in [0.29, 0.717) is 16.1 Å². The fourth-order valence-electron chi connectivity index (χ4n) is 3.98. The lowest BCUT2D eigenvalue weighted by Crippen LogP contribution is -2.34. The van der Waals surface area contributed by atoms with Gasteiger partial charge in [-0.15, -0.1) is 0 Å². The summed E-state index contributed by atoms with van der Waals surface area (Å²) in [7, 11) is 0. The van der Waals surface area contributed by atoms with Gasteiger partial charge in [-0.3, -0.25) is 4.90 Å². The molecule has 1 aromatic carbocycles. The molecule has 1 atom stereocenters. The number of aromatic nitrogens is 2. The Balaban J connectivity index is 1.82. The standard InChI is InChI=1S/C18H22Cl2N4/c1-2-23-11-4-3-7-15(23)17-12-9-10-21-18(12)24(22-17)14-8-5-6-13(19)16(14)20/h5-6,8,15,21H,2-4,7,9-11H2,1H3. The summed E-state index contributed by atoms with van der Waals surface area (Å²) in [6.07, 6.45) is 4.76. The Bertz CT molecular complexity index is 756. The van der Waals surface area contributed by atoms with Gasteiger partial charge in [0.15, 0.2) is 0 Å². The molecule has 1 saturated heterocycles. The first-order valence-corrected chi connectivity index (χ1v) is 9.50. The highest BCUT2D eigenvalue weighted by molar-refractivity contribution is 6.43. The number of anilines is 1. The third-order valence-electron chi connectivity index (χ3n) is 5.18. The first-order chi connectivity index (χ1) is 11.7. The summed E-state index contributed by atoms with van der Waals surface area (Å²) >= 11 is 12.7. The van der Waals surface area contributed by atoms with E-state index in [0.717, 1.165) is 37.6 Å². The van der Waals surface area contributed by atoms with Gasteiger partial charge in [0.1, 0.15) is 5.82 Å². The molecule has 0 saturated carbocycles. The molecule has 3 heterocycles. The van der Waals surface area contributed by atoms with Crippen molar-refractivity contribution in [3.05, 3.63) is 39.5 Å². The van der Waals surface area contributed by atoms with Gasteiger partial charge in [0.25, 0.3) is 0 Å². The summed E-state index contributed by atoms with van der Waals surface area (Å²) in [5.74, 6) is 1.08. The average molecular weight is 365 g/mol. The van der Waals surface area contributed by atoms with Crippen molar-refractivity contribution in [2.24, 2.45) is 0 Å².